The highest BCUT2D eigenvalue weighted by atomic mass is 15.1. The zero-order chi connectivity index (χ0) is 13.8. The molecule has 0 bridgehead atoms. The fraction of sp³-hybridized carbons (Fsp3) is 0. The Morgan fingerprint density at radius 1 is 0.950 bits per heavy atom. The van der Waals surface area contributed by atoms with Crippen LogP contribution in [0.25, 0.3) is 11.3 Å². The Balaban J connectivity index is 1.90. The topological polar surface area (TPSA) is 89.6 Å². The molecule has 20 heavy (non-hydrogen) atoms. The van der Waals surface area contributed by atoms with Gasteiger partial charge in [-0.05, 0) is 24.3 Å². The van der Waals surface area contributed by atoms with Crippen molar-refractivity contribution in [3.05, 3.63) is 55.1 Å². The average Bonchev–Trinajstić information content (AvgIpc) is 2.49. The van der Waals surface area contributed by atoms with E-state index in [1.807, 2.05) is 24.3 Å². The van der Waals surface area contributed by atoms with Gasteiger partial charge in [0, 0.05) is 24.2 Å². The molecule has 3 aromatic rings. The summed E-state index contributed by atoms with van der Waals surface area (Å²) in [6, 6.07) is 9.34. The van der Waals surface area contributed by atoms with Gasteiger partial charge in [-0.15, -0.1) is 0 Å². The minimum Gasteiger partial charge on any atom is -0.384 e. The molecule has 6 heteroatoms. The van der Waals surface area contributed by atoms with Gasteiger partial charge in [0.25, 0.3) is 0 Å². The highest BCUT2D eigenvalue weighted by Gasteiger charge is 2.03. The van der Waals surface area contributed by atoms with Crippen molar-refractivity contribution in [3.8, 4) is 11.3 Å². The molecule has 3 heterocycles. The highest BCUT2D eigenvalue weighted by molar-refractivity contribution is 5.64. The Labute approximate surface area is 115 Å². The van der Waals surface area contributed by atoms with Gasteiger partial charge >= 0.3 is 0 Å². The minimum atomic E-state index is 0.469. The minimum absolute atomic E-state index is 0.469. The number of rotatable bonds is 3. The largest absolute Gasteiger partial charge is 0.384 e. The Kier molecular flexibility index (Phi) is 3.20. The second-order valence-corrected chi connectivity index (χ2v) is 4.09. The highest BCUT2D eigenvalue weighted by Crippen LogP contribution is 2.20. The third-order valence-electron chi connectivity index (χ3n) is 2.65. The summed E-state index contributed by atoms with van der Waals surface area (Å²) < 4.78 is 0. The van der Waals surface area contributed by atoms with Crippen molar-refractivity contribution in [3.63, 3.8) is 0 Å². The van der Waals surface area contributed by atoms with Gasteiger partial charge in [0.1, 0.15) is 17.5 Å². The maximum absolute atomic E-state index is 5.68. The van der Waals surface area contributed by atoms with E-state index >= 15 is 0 Å². The van der Waals surface area contributed by atoms with Crippen molar-refractivity contribution in [1.82, 2.24) is 19.9 Å². The molecule has 0 spiro atoms. The maximum Gasteiger partial charge on any atom is 0.150 e. The molecule has 3 N–H and O–H groups in total. The quantitative estimate of drug-likeness (QED) is 0.754. The van der Waals surface area contributed by atoms with Crippen LogP contribution in [0.3, 0.4) is 0 Å². The van der Waals surface area contributed by atoms with Crippen molar-refractivity contribution < 1.29 is 0 Å². The first-order valence-corrected chi connectivity index (χ1v) is 6.03. The van der Waals surface area contributed by atoms with Gasteiger partial charge in [0.05, 0.1) is 11.9 Å². The van der Waals surface area contributed by atoms with E-state index in [9.17, 15) is 0 Å². The molecule has 0 aromatic carbocycles. The third-order valence-corrected chi connectivity index (χ3v) is 2.65. The predicted octanol–water partition coefficient (Wildman–Crippen LogP) is 2.26. The first-order valence-electron chi connectivity index (χ1n) is 6.03. The van der Waals surface area contributed by atoms with Crippen molar-refractivity contribution in [2.75, 3.05) is 11.1 Å². The summed E-state index contributed by atoms with van der Waals surface area (Å²) in [6.45, 7) is 0. The molecule has 0 aliphatic carbocycles. The van der Waals surface area contributed by atoms with E-state index < -0.39 is 0 Å². The molecule has 0 radical (unpaired) electrons. The standard InChI is InChI=1S/C14H12N6/c15-12-8-10(4-5-17-12)11-2-1-3-13(19-11)20-14-9-16-6-7-18-14/h1-9H,(H2,15,17)(H,18,19,20). The second kappa shape index (κ2) is 5.31. The number of anilines is 3. The summed E-state index contributed by atoms with van der Waals surface area (Å²) >= 11 is 0. The van der Waals surface area contributed by atoms with Gasteiger partial charge in [-0.25, -0.2) is 15.0 Å². The molecule has 0 saturated heterocycles. The molecule has 0 aliphatic rings. The fourth-order valence-electron chi connectivity index (χ4n) is 1.77. The van der Waals surface area contributed by atoms with Crippen LogP contribution in [-0.4, -0.2) is 19.9 Å². The molecule has 3 aromatic heterocycles. The lowest BCUT2D eigenvalue weighted by Gasteiger charge is -2.06. The van der Waals surface area contributed by atoms with Gasteiger partial charge in [-0.1, -0.05) is 6.07 Å². The Bertz CT molecular complexity index is 714. The number of hydrogen-bond donors (Lipinski definition) is 2. The molecule has 0 amide bonds. The van der Waals surface area contributed by atoms with Gasteiger partial charge in [0.15, 0.2) is 0 Å². The van der Waals surface area contributed by atoms with Crippen molar-refractivity contribution in [1.29, 1.82) is 0 Å². The van der Waals surface area contributed by atoms with E-state index in [2.05, 4.69) is 25.3 Å². The average molecular weight is 264 g/mol. The third kappa shape index (κ3) is 2.69. The monoisotopic (exact) mass is 264 g/mol. The first-order chi connectivity index (χ1) is 9.81. The lowest BCUT2D eigenvalue weighted by atomic mass is 10.2. The Morgan fingerprint density at radius 2 is 1.90 bits per heavy atom. The molecular weight excluding hydrogens is 252 g/mol. The molecule has 0 atom stereocenters. The lowest BCUT2D eigenvalue weighted by molar-refractivity contribution is 1.18. The van der Waals surface area contributed by atoms with E-state index in [4.69, 9.17) is 5.73 Å². The van der Waals surface area contributed by atoms with Crippen LogP contribution in [0.2, 0.25) is 0 Å². The van der Waals surface area contributed by atoms with Crippen LogP contribution in [0.1, 0.15) is 0 Å². The van der Waals surface area contributed by atoms with Crippen LogP contribution >= 0.6 is 0 Å². The summed E-state index contributed by atoms with van der Waals surface area (Å²) in [6.07, 6.45) is 6.54. The number of pyridine rings is 2. The Morgan fingerprint density at radius 3 is 2.70 bits per heavy atom. The van der Waals surface area contributed by atoms with Gasteiger partial charge in [-0.2, -0.15) is 0 Å². The molecule has 0 fully saturated rings. The molecule has 3 rings (SSSR count). The number of nitrogens with two attached hydrogens (primary N) is 1. The van der Waals surface area contributed by atoms with Gasteiger partial charge in [0.2, 0.25) is 0 Å². The lowest BCUT2D eigenvalue weighted by Crippen LogP contribution is -1.97. The van der Waals surface area contributed by atoms with Crippen LogP contribution in [0.4, 0.5) is 17.5 Å². The van der Waals surface area contributed by atoms with Gasteiger partial charge in [-0.3, -0.25) is 4.98 Å². The number of nitrogens with zero attached hydrogens (tertiary/aromatic N) is 4. The summed E-state index contributed by atoms with van der Waals surface area (Å²) in [5.74, 6) is 1.81. The zero-order valence-electron chi connectivity index (χ0n) is 10.6. The number of hydrogen-bond acceptors (Lipinski definition) is 6. The molecular formula is C14H12N6. The molecule has 0 unspecified atom stereocenters. The summed E-state index contributed by atoms with van der Waals surface area (Å²) in [4.78, 5) is 16.6. The summed E-state index contributed by atoms with van der Waals surface area (Å²) in [7, 11) is 0. The van der Waals surface area contributed by atoms with Crippen molar-refractivity contribution >= 4 is 17.5 Å². The smallest absolute Gasteiger partial charge is 0.150 e. The van der Waals surface area contributed by atoms with Crippen LogP contribution in [-0.2, 0) is 0 Å². The fourth-order valence-corrected chi connectivity index (χ4v) is 1.77. The Hall–Kier alpha value is -3.02. The van der Waals surface area contributed by atoms with Crippen molar-refractivity contribution in [2.45, 2.75) is 0 Å². The van der Waals surface area contributed by atoms with Crippen LogP contribution in [0.5, 0.6) is 0 Å². The zero-order valence-corrected chi connectivity index (χ0v) is 10.6. The number of nitrogens with one attached hydrogen (secondary N) is 1. The molecule has 98 valence electrons. The van der Waals surface area contributed by atoms with E-state index in [0.29, 0.717) is 17.5 Å². The molecule has 0 aliphatic heterocycles. The number of aromatic nitrogens is 4. The van der Waals surface area contributed by atoms with E-state index in [1.54, 1.807) is 30.9 Å². The SMILES string of the molecule is Nc1cc(-c2cccc(Nc3cnccn3)n2)ccn1. The summed E-state index contributed by atoms with van der Waals surface area (Å²) in [5, 5.41) is 3.10. The predicted molar refractivity (Wildman–Crippen MR) is 77.2 cm³/mol. The molecule has 0 saturated carbocycles. The maximum atomic E-state index is 5.68. The second-order valence-electron chi connectivity index (χ2n) is 4.09. The van der Waals surface area contributed by atoms with Crippen LogP contribution in [0, 0.1) is 0 Å². The first kappa shape index (κ1) is 12.0. The van der Waals surface area contributed by atoms with E-state index in [-0.39, 0.29) is 0 Å². The van der Waals surface area contributed by atoms with Crippen LogP contribution in [0.15, 0.2) is 55.1 Å². The van der Waals surface area contributed by atoms with Crippen molar-refractivity contribution in [2.24, 2.45) is 0 Å². The van der Waals surface area contributed by atoms with E-state index in [0.717, 1.165) is 11.3 Å². The van der Waals surface area contributed by atoms with Crippen LogP contribution < -0.4 is 11.1 Å². The molecule has 6 nitrogen and oxygen atoms in total. The summed E-state index contributed by atoms with van der Waals surface area (Å²) in [5.41, 5.74) is 7.41. The normalized spacial score (nSPS) is 10.2. The number of nitrogen functional groups attached to an aromatic ring is 1. The van der Waals surface area contributed by atoms with E-state index in [1.165, 1.54) is 0 Å². The van der Waals surface area contributed by atoms with Gasteiger partial charge < -0.3 is 11.1 Å².